The molecule has 0 atom stereocenters. The molecule has 14 heteroatoms. The molecular weight excluding hydrogens is 522 g/mol. The van der Waals surface area contributed by atoms with Gasteiger partial charge in [-0.2, -0.15) is 19.0 Å². The van der Waals surface area contributed by atoms with Crippen LogP contribution in [0.3, 0.4) is 0 Å². The summed E-state index contributed by atoms with van der Waals surface area (Å²) >= 11 is 1.17. The first-order valence-corrected chi connectivity index (χ1v) is 11.8. The van der Waals surface area contributed by atoms with Crippen LogP contribution in [-0.4, -0.2) is 55.8 Å². The highest BCUT2D eigenvalue weighted by molar-refractivity contribution is 7.20. The summed E-state index contributed by atoms with van der Waals surface area (Å²) in [5.74, 6) is -1.61. The maximum atomic E-state index is 13.4. The second-order valence-electron chi connectivity index (χ2n) is 8.00. The van der Waals surface area contributed by atoms with Crippen molar-refractivity contribution in [1.82, 2.24) is 24.4 Å². The van der Waals surface area contributed by atoms with Gasteiger partial charge in [-0.25, -0.2) is 9.50 Å². The lowest BCUT2D eigenvalue weighted by molar-refractivity contribution is -0.141. The summed E-state index contributed by atoms with van der Waals surface area (Å²) < 4.78 is 39.5. The number of aromatic nitrogens is 5. The zero-order valence-electron chi connectivity index (χ0n) is 19.8. The van der Waals surface area contributed by atoms with Crippen LogP contribution in [0, 0.1) is 0 Å². The van der Waals surface area contributed by atoms with Gasteiger partial charge in [0, 0.05) is 28.9 Å². The number of halogens is 2. The Morgan fingerprint density at radius 1 is 1.21 bits per heavy atom. The number of nitrogens with one attached hydrogen (secondary N) is 1. The van der Waals surface area contributed by atoms with Gasteiger partial charge in [0.25, 0.3) is 5.91 Å². The lowest BCUT2D eigenvalue weighted by Crippen LogP contribution is -2.13. The molecule has 0 spiro atoms. The number of carbonyl (C=O) groups is 3. The maximum Gasteiger partial charge on any atom is 0.387 e. The molecule has 4 heterocycles. The van der Waals surface area contributed by atoms with E-state index in [1.165, 1.54) is 59.2 Å². The molecule has 4 aromatic heterocycles. The molecule has 5 rings (SSSR count). The van der Waals surface area contributed by atoms with E-state index in [0.29, 0.717) is 20.6 Å². The van der Waals surface area contributed by atoms with E-state index in [9.17, 15) is 23.2 Å². The number of nitrogens with zero attached hydrogens (tertiary/aromatic N) is 5. The first-order chi connectivity index (χ1) is 18.2. The molecule has 1 N–H and O–H groups in total. The number of hydrogen-bond acceptors (Lipinski definition) is 9. The van der Waals surface area contributed by atoms with Gasteiger partial charge in [0.05, 0.1) is 23.9 Å². The van der Waals surface area contributed by atoms with Crippen LogP contribution < -0.4 is 10.1 Å². The molecule has 11 nitrogen and oxygen atoms in total. The summed E-state index contributed by atoms with van der Waals surface area (Å²) in [5.41, 5.74) is 0.734. The highest BCUT2D eigenvalue weighted by atomic mass is 32.1. The number of thiophene rings is 1. The molecule has 0 saturated carbocycles. The number of methoxy groups -OCH3 is 1. The van der Waals surface area contributed by atoms with Gasteiger partial charge in [0.15, 0.2) is 11.4 Å². The number of ether oxygens (including phenoxy) is 2. The van der Waals surface area contributed by atoms with E-state index in [-0.39, 0.29) is 40.6 Å². The second-order valence-corrected chi connectivity index (χ2v) is 9.08. The number of benzene rings is 1. The van der Waals surface area contributed by atoms with Crippen molar-refractivity contribution < 1.29 is 32.6 Å². The van der Waals surface area contributed by atoms with E-state index < -0.39 is 18.5 Å². The zero-order chi connectivity index (χ0) is 27.0. The minimum atomic E-state index is -3.16. The standard InChI is InChI=1S/C24H18F2N6O5S/c1-12(33)18-7-13-6-17(37-24(25)26)14(8-19(13)38-18)21-16(10-31(30-21)11-20(34)36-2)29-23(35)15-9-28-32-5-3-4-27-22(15)32/h3-10,24H,11H2,1-2H3,(H,29,35). The van der Waals surface area contributed by atoms with Crippen molar-refractivity contribution in [3.05, 3.63) is 59.5 Å². The van der Waals surface area contributed by atoms with Gasteiger partial charge in [0.1, 0.15) is 23.6 Å². The van der Waals surface area contributed by atoms with E-state index in [0.717, 1.165) is 0 Å². The Balaban J connectivity index is 1.63. The molecule has 194 valence electrons. The topological polar surface area (TPSA) is 130 Å². The van der Waals surface area contributed by atoms with Gasteiger partial charge in [-0.1, -0.05) is 0 Å². The van der Waals surface area contributed by atoms with Crippen molar-refractivity contribution in [3.8, 4) is 17.0 Å². The third-order valence-electron chi connectivity index (χ3n) is 5.49. The Morgan fingerprint density at radius 2 is 2.03 bits per heavy atom. The number of hydrogen-bond donors (Lipinski definition) is 1. The summed E-state index contributed by atoms with van der Waals surface area (Å²) in [5, 5.41) is 11.7. The highest BCUT2D eigenvalue weighted by Gasteiger charge is 2.23. The minimum Gasteiger partial charge on any atom is -0.468 e. The molecule has 0 radical (unpaired) electrons. The van der Waals surface area contributed by atoms with E-state index >= 15 is 0 Å². The molecule has 0 aliphatic rings. The zero-order valence-corrected chi connectivity index (χ0v) is 20.7. The third-order valence-corrected chi connectivity index (χ3v) is 6.69. The normalized spacial score (nSPS) is 11.3. The smallest absolute Gasteiger partial charge is 0.387 e. The SMILES string of the molecule is COC(=O)Cn1cc(NC(=O)c2cnn3cccnc23)c(-c2cc3sc(C(C)=O)cc3cc2OC(F)F)n1. The fourth-order valence-corrected chi connectivity index (χ4v) is 4.76. The monoisotopic (exact) mass is 540 g/mol. The van der Waals surface area contributed by atoms with E-state index in [1.807, 2.05) is 0 Å². The van der Waals surface area contributed by atoms with Crippen LogP contribution in [0.2, 0.25) is 0 Å². The number of amides is 1. The van der Waals surface area contributed by atoms with Gasteiger partial charge in [-0.15, -0.1) is 11.3 Å². The van der Waals surface area contributed by atoms with Crippen LogP contribution in [-0.2, 0) is 16.1 Å². The summed E-state index contributed by atoms with van der Waals surface area (Å²) in [6, 6.07) is 6.15. The summed E-state index contributed by atoms with van der Waals surface area (Å²) in [7, 11) is 1.21. The molecular formula is C24H18F2N6O5S. The Bertz CT molecular complexity index is 1710. The summed E-state index contributed by atoms with van der Waals surface area (Å²) in [4.78, 5) is 41.6. The predicted octanol–water partition coefficient (Wildman–Crippen LogP) is 4.04. The van der Waals surface area contributed by atoms with Crippen molar-refractivity contribution >= 4 is 50.4 Å². The Morgan fingerprint density at radius 3 is 2.76 bits per heavy atom. The fraction of sp³-hybridized carbons (Fsp3) is 0.167. The minimum absolute atomic E-state index is 0.0574. The van der Waals surface area contributed by atoms with Gasteiger partial charge >= 0.3 is 12.6 Å². The number of carbonyl (C=O) groups excluding carboxylic acids is 3. The van der Waals surface area contributed by atoms with Crippen LogP contribution >= 0.6 is 11.3 Å². The van der Waals surface area contributed by atoms with E-state index in [4.69, 9.17) is 9.47 Å². The van der Waals surface area contributed by atoms with Crippen LogP contribution in [0.4, 0.5) is 14.5 Å². The quantitative estimate of drug-likeness (QED) is 0.231. The number of alkyl halides is 2. The molecule has 0 aliphatic heterocycles. The number of anilines is 1. The molecule has 5 aromatic rings. The maximum absolute atomic E-state index is 13.4. The van der Waals surface area contributed by atoms with Crippen molar-refractivity contribution in [2.45, 2.75) is 20.1 Å². The Hall–Kier alpha value is -4.72. The first-order valence-electron chi connectivity index (χ1n) is 11.0. The van der Waals surface area contributed by atoms with Gasteiger partial charge in [-0.05, 0) is 36.6 Å². The predicted molar refractivity (Wildman–Crippen MR) is 133 cm³/mol. The number of esters is 1. The van der Waals surface area contributed by atoms with Gasteiger partial charge < -0.3 is 14.8 Å². The van der Waals surface area contributed by atoms with Gasteiger partial charge in [0.2, 0.25) is 0 Å². The highest BCUT2D eigenvalue weighted by Crippen LogP contribution is 2.40. The summed E-state index contributed by atoms with van der Waals surface area (Å²) in [6.07, 6.45) is 5.84. The van der Waals surface area contributed by atoms with Crippen molar-refractivity contribution in [2.24, 2.45) is 0 Å². The number of Topliss-reactive ketones (excluding diaryl/α,β-unsaturated/α-hetero) is 1. The van der Waals surface area contributed by atoms with Crippen molar-refractivity contribution in [3.63, 3.8) is 0 Å². The number of rotatable bonds is 8. The molecule has 0 unspecified atom stereocenters. The lowest BCUT2D eigenvalue weighted by atomic mass is 10.1. The third kappa shape index (κ3) is 4.80. The number of fused-ring (bicyclic) bond motifs is 2. The molecule has 0 aliphatic carbocycles. The first kappa shape index (κ1) is 25.0. The molecule has 1 aromatic carbocycles. The van der Waals surface area contributed by atoms with Crippen molar-refractivity contribution in [1.29, 1.82) is 0 Å². The average Bonchev–Trinajstić information content (AvgIpc) is 3.59. The molecule has 0 fully saturated rings. The number of ketones is 1. The van der Waals surface area contributed by atoms with Crippen LogP contribution in [0.5, 0.6) is 5.75 Å². The van der Waals surface area contributed by atoms with E-state index in [1.54, 1.807) is 24.4 Å². The Labute approximate surface area is 216 Å². The van der Waals surface area contributed by atoms with Gasteiger partial charge in [-0.3, -0.25) is 19.1 Å². The fourth-order valence-electron chi connectivity index (χ4n) is 3.78. The largest absolute Gasteiger partial charge is 0.468 e. The van der Waals surface area contributed by atoms with Crippen molar-refractivity contribution in [2.75, 3.05) is 12.4 Å². The average molecular weight is 541 g/mol. The van der Waals surface area contributed by atoms with Crippen LogP contribution in [0.25, 0.3) is 27.0 Å². The molecule has 0 bridgehead atoms. The lowest BCUT2D eigenvalue weighted by Gasteiger charge is -2.11. The molecule has 1 amide bonds. The molecule has 38 heavy (non-hydrogen) atoms. The second kappa shape index (κ2) is 9.97. The summed E-state index contributed by atoms with van der Waals surface area (Å²) in [6.45, 7) is -2.06. The molecule has 0 saturated heterocycles. The van der Waals surface area contributed by atoms with Crippen LogP contribution in [0.1, 0.15) is 27.0 Å². The Kier molecular flexibility index (Phi) is 6.55. The van der Waals surface area contributed by atoms with E-state index in [2.05, 4.69) is 20.5 Å². The van der Waals surface area contributed by atoms with Crippen LogP contribution in [0.15, 0.2) is 49.1 Å².